The van der Waals surface area contributed by atoms with Crippen LogP contribution in [0.2, 0.25) is 0 Å². The van der Waals surface area contributed by atoms with Crippen molar-refractivity contribution in [2.45, 2.75) is 37.8 Å². The molecule has 2 unspecified atom stereocenters. The van der Waals surface area contributed by atoms with Crippen LogP contribution in [0, 0.1) is 0 Å². The fourth-order valence-corrected chi connectivity index (χ4v) is 3.27. The zero-order valence-corrected chi connectivity index (χ0v) is 11.7. The smallest absolute Gasteiger partial charge is 0.137 e. The molecule has 3 heterocycles. The van der Waals surface area contributed by atoms with Gasteiger partial charge in [-0.1, -0.05) is 12.8 Å². The van der Waals surface area contributed by atoms with Crippen LogP contribution in [0.1, 0.15) is 31.7 Å². The highest BCUT2D eigenvalue weighted by molar-refractivity contribution is 5.92. The topological polar surface area (TPSA) is 66.7 Å². The molecule has 2 atom stereocenters. The minimum atomic E-state index is -0.281. The number of pyridine rings is 1. The second-order valence-electron chi connectivity index (χ2n) is 5.73. The van der Waals surface area contributed by atoms with E-state index in [1.165, 1.54) is 0 Å². The van der Waals surface area contributed by atoms with Crippen molar-refractivity contribution < 1.29 is 5.11 Å². The van der Waals surface area contributed by atoms with Crippen molar-refractivity contribution in [1.82, 2.24) is 19.7 Å². The van der Waals surface area contributed by atoms with Crippen LogP contribution in [0.5, 0.6) is 0 Å². The van der Waals surface area contributed by atoms with Crippen molar-refractivity contribution in [2.75, 3.05) is 0 Å². The first-order valence-electron chi connectivity index (χ1n) is 7.47. The number of nitrogens with zero attached hydrogens (tertiary/aromatic N) is 3. The molecule has 1 aliphatic carbocycles. The molecule has 5 heteroatoms. The average molecular weight is 282 g/mol. The molecule has 4 rings (SSSR count). The van der Waals surface area contributed by atoms with Gasteiger partial charge in [0.25, 0.3) is 0 Å². The molecule has 3 aromatic rings. The van der Waals surface area contributed by atoms with Gasteiger partial charge in [0, 0.05) is 29.5 Å². The van der Waals surface area contributed by atoms with Crippen LogP contribution in [0.25, 0.3) is 22.2 Å². The summed E-state index contributed by atoms with van der Waals surface area (Å²) in [6.45, 7) is 0. The molecule has 0 saturated heterocycles. The second-order valence-corrected chi connectivity index (χ2v) is 5.73. The Morgan fingerprint density at radius 1 is 1.24 bits per heavy atom. The minimum absolute atomic E-state index is 0.107. The molecule has 0 amide bonds. The summed E-state index contributed by atoms with van der Waals surface area (Å²) < 4.78 is 1.93. The number of aromatic nitrogens is 4. The van der Waals surface area contributed by atoms with Gasteiger partial charge in [0.2, 0.25) is 0 Å². The Hall–Kier alpha value is -2.14. The van der Waals surface area contributed by atoms with Gasteiger partial charge in [0.1, 0.15) is 5.65 Å². The summed E-state index contributed by atoms with van der Waals surface area (Å²) in [7, 11) is 0. The third-order valence-corrected chi connectivity index (χ3v) is 4.41. The van der Waals surface area contributed by atoms with Crippen molar-refractivity contribution >= 4 is 11.0 Å². The van der Waals surface area contributed by atoms with E-state index < -0.39 is 0 Å². The summed E-state index contributed by atoms with van der Waals surface area (Å²) in [5.74, 6) is 0. The van der Waals surface area contributed by atoms with Crippen LogP contribution in [0.4, 0.5) is 0 Å². The molecule has 5 nitrogen and oxygen atoms in total. The molecule has 21 heavy (non-hydrogen) atoms. The van der Waals surface area contributed by atoms with Crippen molar-refractivity contribution in [3.63, 3.8) is 0 Å². The largest absolute Gasteiger partial charge is 0.391 e. The molecule has 1 saturated carbocycles. The van der Waals surface area contributed by atoms with Crippen LogP contribution >= 0.6 is 0 Å². The Morgan fingerprint density at radius 2 is 2.14 bits per heavy atom. The van der Waals surface area contributed by atoms with Crippen molar-refractivity contribution in [3.8, 4) is 11.1 Å². The van der Waals surface area contributed by atoms with Gasteiger partial charge in [-0.05, 0) is 30.5 Å². The number of nitrogens with one attached hydrogen (secondary N) is 1. The van der Waals surface area contributed by atoms with Crippen LogP contribution < -0.4 is 0 Å². The molecule has 0 spiro atoms. The molecule has 0 aromatic carbocycles. The molecule has 0 aliphatic heterocycles. The second kappa shape index (κ2) is 5.00. The Morgan fingerprint density at radius 3 is 3.05 bits per heavy atom. The molecule has 2 N–H and O–H groups in total. The van der Waals surface area contributed by atoms with E-state index in [1.807, 2.05) is 35.4 Å². The zero-order valence-electron chi connectivity index (χ0n) is 11.7. The van der Waals surface area contributed by atoms with E-state index >= 15 is 0 Å². The van der Waals surface area contributed by atoms with Crippen LogP contribution in [-0.2, 0) is 0 Å². The van der Waals surface area contributed by atoms with E-state index in [9.17, 15) is 5.11 Å². The van der Waals surface area contributed by atoms with E-state index in [1.54, 1.807) is 6.20 Å². The Kier molecular flexibility index (Phi) is 3.00. The molecular weight excluding hydrogens is 264 g/mol. The number of hydrogen-bond acceptors (Lipinski definition) is 3. The molecule has 0 bridgehead atoms. The lowest BCUT2D eigenvalue weighted by Crippen LogP contribution is -2.27. The predicted molar refractivity (Wildman–Crippen MR) is 80.8 cm³/mol. The van der Waals surface area contributed by atoms with Crippen molar-refractivity contribution in [3.05, 3.63) is 36.9 Å². The summed E-state index contributed by atoms with van der Waals surface area (Å²) in [5.41, 5.74) is 3.08. The highest BCUT2D eigenvalue weighted by atomic mass is 16.3. The van der Waals surface area contributed by atoms with Gasteiger partial charge in [-0.25, -0.2) is 4.98 Å². The molecule has 1 aliphatic rings. The van der Waals surface area contributed by atoms with Gasteiger partial charge < -0.3 is 10.1 Å². The summed E-state index contributed by atoms with van der Waals surface area (Å²) in [6, 6.07) is 4.15. The lowest BCUT2D eigenvalue weighted by atomic mass is 9.93. The van der Waals surface area contributed by atoms with Gasteiger partial charge in [-0.2, -0.15) is 5.10 Å². The molecule has 0 radical (unpaired) electrons. The number of H-pyrrole nitrogens is 1. The lowest BCUT2D eigenvalue weighted by Gasteiger charge is -2.27. The van der Waals surface area contributed by atoms with Crippen molar-refractivity contribution in [1.29, 1.82) is 0 Å². The lowest BCUT2D eigenvalue weighted by molar-refractivity contribution is 0.0695. The van der Waals surface area contributed by atoms with Crippen LogP contribution in [-0.4, -0.2) is 31.0 Å². The standard InChI is InChI=1S/C16H18N4O/c21-15-4-2-1-3-14(15)20-10-11(9-19-20)12-5-7-17-16-13(12)6-8-18-16/h5-10,14-15,21H,1-4H2,(H,17,18). The van der Waals surface area contributed by atoms with E-state index in [0.29, 0.717) is 0 Å². The van der Waals surface area contributed by atoms with Gasteiger partial charge in [-0.15, -0.1) is 0 Å². The quantitative estimate of drug-likeness (QED) is 0.759. The van der Waals surface area contributed by atoms with E-state index in [0.717, 1.165) is 47.8 Å². The number of aliphatic hydroxyl groups is 1. The Bertz CT molecular complexity index is 760. The van der Waals surface area contributed by atoms with Gasteiger partial charge in [0.05, 0.1) is 18.3 Å². The van der Waals surface area contributed by atoms with Gasteiger partial charge in [0.15, 0.2) is 0 Å². The number of aliphatic hydroxyl groups excluding tert-OH is 1. The first-order valence-corrected chi connectivity index (χ1v) is 7.47. The van der Waals surface area contributed by atoms with E-state index in [2.05, 4.69) is 15.1 Å². The zero-order chi connectivity index (χ0) is 14.2. The van der Waals surface area contributed by atoms with Crippen LogP contribution in [0.3, 0.4) is 0 Å². The molecule has 1 fully saturated rings. The normalized spacial score (nSPS) is 22.7. The average Bonchev–Trinajstić information content (AvgIpc) is 3.16. The predicted octanol–water partition coefficient (Wildman–Crippen LogP) is 2.90. The summed E-state index contributed by atoms with van der Waals surface area (Å²) in [6.07, 6.45) is 11.5. The third kappa shape index (κ3) is 2.14. The number of fused-ring (bicyclic) bond motifs is 1. The highest BCUT2D eigenvalue weighted by Gasteiger charge is 2.25. The van der Waals surface area contributed by atoms with Gasteiger partial charge in [-0.3, -0.25) is 4.68 Å². The SMILES string of the molecule is OC1CCCCC1n1cc(-c2ccnc3[nH]ccc23)cn1. The maximum Gasteiger partial charge on any atom is 0.137 e. The summed E-state index contributed by atoms with van der Waals surface area (Å²) >= 11 is 0. The molecule has 108 valence electrons. The van der Waals surface area contributed by atoms with E-state index in [4.69, 9.17) is 0 Å². The fraction of sp³-hybridized carbons (Fsp3) is 0.375. The maximum atomic E-state index is 10.2. The Labute approximate surface area is 122 Å². The highest BCUT2D eigenvalue weighted by Crippen LogP contribution is 2.31. The number of hydrogen-bond donors (Lipinski definition) is 2. The maximum absolute atomic E-state index is 10.2. The van der Waals surface area contributed by atoms with Gasteiger partial charge >= 0.3 is 0 Å². The Balaban J connectivity index is 1.72. The van der Waals surface area contributed by atoms with Crippen molar-refractivity contribution in [2.24, 2.45) is 0 Å². The first kappa shape index (κ1) is 12.6. The van der Waals surface area contributed by atoms with Crippen LogP contribution in [0.15, 0.2) is 36.9 Å². The van der Waals surface area contributed by atoms with E-state index in [-0.39, 0.29) is 12.1 Å². The number of rotatable bonds is 2. The summed E-state index contributed by atoms with van der Waals surface area (Å²) in [4.78, 5) is 7.44. The number of aromatic amines is 1. The molecular formula is C16H18N4O. The molecule has 3 aromatic heterocycles. The monoisotopic (exact) mass is 282 g/mol. The minimum Gasteiger partial charge on any atom is -0.391 e. The first-order chi connectivity index (χ1) is 10.3. The third-order valence-electron chi connectivity index (χ3n) is 4.41. The fourth-order valence-electron chi connectivity index (χ4n) is 3.27. The summed E-state index contributed by atoms with van der Waals surface area (Å²) in [5, 5.41) is 15.7.